The average Bonchev–Trinajstić information content (AvgIpc) is 3.52. The molecule has 0 saturated heterocycles. The SMILES string of the molecule is Cc1ccc2c(oc3c(-c4nc(-c5ccccc5)nc(-c5ccccc5)n4)cccc32)c1-c1n(C)cc[n+]1C. The van der Waals surface area contributed by atoms with E-state index in [2.05, 4.69) is 60.7 Å². The van der Waals surface area contributed by atoms with Gasteiger partial charge >= 0.3 is 0 Å². The fraction of sp³-hybridized carbons (Fsp3) is 0.0909. The zero-order valence-electron chi connectivity index (χ0n) is 22.0. The molecule has 0 aliphatic rings. The summed E-state index contributed by atoms with van der Waals surface area (Å²) in [6, 6.07) is 30.5. The lowest BCUT2D eigenvalue weighted by Gasteiger charge is -2.08. The maximum atomic E-state index is 6.75. The minimum atomic E-state index is 0.579. The lowest BCUT2D eigenvalue weighted by Crippen LogP contribution is -2.29. The van der Waals surface area contributed by atoms with E-state index in [1.54, 1.807) is 0 Å². The maximum Gasteiger partial charge on any atom is 0.292 e. The molecule has 7 rings (SSSR count). The highest BCUT2D eigenvalue weighted by molar-refractivity contribution is 6.12. The standard InChI is InChI=1S/C33H26N5O/c1-21-17-18-25-24-15-10-16-26(28(24)39-29(25)27(21)33-37(2)19-20-38(33)3)32-35-30(22-11-6-4-7-12-22)34-31(36-32)23-13-8-5-9-14-23/h4-20H,1-3H3/q+1. The monoisotopic (exact) mass is 508 g/mol. The number of para-hydroxylation sites is 1. The van der Waals surface area contributed by atoms with E-state index in [-0.39, 0.29) is 0 Å². The molecule has 0 saturated carbocycles. The van der Waals surface area contributed by atoms with Gasteiger partial charge in [0.1, 0.15) is 23.5 Å². The van der Waals surface area contributed by atoms with E-state index in [1.807, 2.05) is 72.8 Å². The summed E-state index contributed by atoms with van der Waals surface area (Å²) < 4.78 is 11.0. The minimum absolute atomic E-state index is 0.579. The summed E-state index contributed by atoms with van der Waals surface area (Å²) in [6.07, 6.45) is 4.12. The highest BCUT2D eigenvalue weighted by Gasteiger charge is 2.25. The summed E-state index contributed by atoms with van der Waals surface area (Å²) in [5.74, 6) is 2.91. The number of nitrogens with zero attached hydrogens (tertiary/aromatic N) is 5. The van der Waals surface area contributed by atoms with E-state index in [4.69, 9.17) is 19.4 Å². The number of aryl methyl sites for hydroxylation is 3. The molecule has 7 aromatic rings. The van der Waals surface area contributed by atoms with Gasteiger partial charge in [0, 0.05) is 21.9 Å². The zero-order chi connectivity index (χ0) is 26.5. The van der Waals surface area contributed by atoms with Crippen LogP contribution < -0.4 is 4.57 Å². The normalized spacial score (nSPS) is 11.5. The van der Waals surface area contributed by atoms with Gasteiger partial charge in [-0.3, -0.25) is 0 Å². The number of rotatable bonds is 4. The van der Waals surface area contributed by atoms with Gasteiger partial charge in [-0.2, -0.15) is 0 Å². The molecular formula is C33H26N5O+. The van der Waals surface area contributed by atoms with Gasteiger partial charge < -0.3 is 4.42 Å². The van der Waals surface area contributed by atoms with E-state index in [1.165, 1.54) is 0 Å². The molecule has 0 radical (unpaired) electrons. The Hall–Kier alpha value is -5.10. The molecule has 0 atom stereocenters. The Morgan fingerprint density at radius 3 is 1.90 bits per heavy atom. The molecule has 6 heteroatoms. The first kappa shape index (κ1) is 23.0. The van der Waals surface area contributed by atoms with Crippen LogP contribution in [0.2, 0.25) is 0 Å². The van der Waals surface area contributed by atoms with Crippen LogP contribution in [0.4, 0.5) is 0 Å². The fourth-order valence-electron chi connectivity index (χ4n) is 5.29. The number of imidazole rings is 1. The summed E-state index contributed by atoms with van der Waals surface area (Å²) in [5, 5.41) is 2.10. The van der Waals surface area contributed by atoms with Gasteiger partial charge in [-0.15, -0.1) is 0 Å². The van der Waals surface area contributed by atoms with Crippen molar-refractivity contribution in [2.75, 3.05) is 0 Å². The van der Waals surface area contributed by atoms with E-state index >= 15 is 0 Å². The summed E-state index contributed by atoms with van der Waals surface area (Å²) in [6.45, 7) is 2.13. The van der Waals surface area contributed by atoms with Crippen LogP contribution in [0.15, 0.2) is 108 Å². The van der Waals surface area contributed by atoms with Crippen molar-refractivity contribution in [1.82, 2.24) is 19.5 Å². The Kier molecular flexibility index (Phi) is 5.33. The molecule has 0 N–H and O–H groups in total. The second kappa shape index (κ2) is 9.03. The number of aromatic nitrogens is 5. The Balaban J connectivity index is 1.51. The third kappa shape index (κ3) is 3.80. The van der Waals surface area contributed by atoms with Crippen molar-refractivity contribution in [2.45, 2.75) is 6.92 Å². The van der Waals surface area contributed by atoms with Crippen LogP contribution in [0.1, 0.15) is 5.56 Å². The first-order chi connectivity index (χ1) is 19.1. The van der Waals surface area contributed by atoms with Crippen LogP contribution in [0.25, 0.3) is 67.5 Å². The third-order valence-electron chi connectivity index (χ3n) is 7.22. The van der Waals surface area contributed by atoms with Crippen molar-refractivity contribution >= 4 is 21.9 Å². The Morgan fingerprint density at radius 2 is 1.28 bits per heavy atom. The average molecular weight is 509 g/mol. The number of furan rings is 1. The summed E-state index contributed by atoms with van der Waals surface area (Å²) in [7, 11) is 4.12. The predicted octanol–water partition coefficient (Wildman–Crippen LogP) is 6.91. The molecule has 0 unspecified atom stereocenters. The van der Waals surface area contributed by atoms with Crippen LogP contribution in [-0.4, -0.2) is 19.5 Å². The van der Waals surface area contributed by atoms with Crippen molar-refractivity contribution in [3.8, 4) is 45.6 Å². The third-order valence-corrected chi connectivity index (χ3v) is 7.22. The maximum absolute atomic E-state index is 6.75. The summed E-state index contributed by atoms with van der Waals surface area (Å²) in [5.41, 5.74) is 6.55. The van der Waals surface area contributed by atoms with Crippen LogP contribution in [0.3, 0.4) is 0 Å². The molecular weight excluding hydrogens is 482 g/mol. The van der Waals surface area contributed by atoms with Crippen molar-refractivity contribution < 1.29 is 8.98 Å². The summed E-state index contributed by atoms with van der Waals surface area (Å²) >= 11 is 0. The molecule has 0 bridgehead atoms. The van der Waals surface area contributed by atoms with Crippen molar-refractivity contribution in [1.29, 1.82) is 0 Å². The number of hydrogen-bond acceptors (Lipinski definition) is 4. The van der Waals surface area contributed by atoms with Gasteiger partial charge in [0.25, 0.3) is 5.82 Å². The fourth-order valence-corrected chi connectivity index (χ4v) is 5.29. The molecule has 6 nitrogen and oxygen atoms in total. The quantitative estimate of drug-likeness (QED) is 0.242. The molecule has 3 heterocycles. The van der Waals surface area contributed by atoms with E-state index < -0.39 is 0 Å². The molecule has 188 valence electrons. The van der Waals surface area contributed by atoms with Gasteiger partial charge in [-0.05, 0) is 18.6 Å². The van der Waals surface area contributed by atoms with Crippen molar-refractivity contribution in [3.05, 3.63) is 109 Å². The van der Waals surface area contributed by atoms with Crippen LogP contribution in [0.5, 0.6) is 0 Å². The molecule has 0 aliphatic carbocycles. The van der Waals surface area contributed by atoms with E-state index in [9.17, 15) is 0 Å². The highest BCUT2D eigenvalue weighted by Crippen LogP contribution is 2.40. The van der Waals surface area contributed by atoms with Gasteiger partial charge in [-0.25, -0.2) is 24.1 Å². The second-order valence-electron chi connectivity index (χ2n) is 9.80. The summed E-state index contributed by atoms with van der Waals surface area (Å²) in [4.78, 5) is 14.7. The van der Waals surface area contributed by atoms with Gasteiger partial charge in [0.05, 0.1) is 19.7 Å². The number of hydrogen-bond donors (Lipinski definition) is 0. The van der Waals surface area contributed by atoms with E-state index in [0.29, 0.717) is 17.5 Å². The molecule has 0 amide bonds. The molecule has 0 aliphatic heterocycles. The van der Waals surface area contributed by atoms with Crippen LogP contribution in [0, 0.1) is 6.92 Å². The van der Waals surface area contributed by atoms with Gasteiger partial charge in [0.2, 0.25) is 0 Å². The van der Waals surface area contributed by atoms with Crippen molar-refractivity contribution in [3.63, 3.8) is 0 Å². The first-order valence-corrected chi connectivity index (χ1v) is 12.9. The molecule has 0 spiro atoms. The Labute approximate surface area is 225 Å². The van der Waals surface area contributed by atoms with Crippen LogP contribution >= 0.6 is 0 Å². The predicted molar refractivity (Wildman–Crippen MR) is 154 cm³/mol. The zero-order valence-corrected chi connectivity index (χ0v) is 22.0. The van der Waals surface area contributed by atoms with Crippen molar-refractivity contribution in [2.24, 2.45) is 14.1 Å². The smallest absolute Gasteiger partial charge is 0.292 e. The lowest BCUT2D eigenvalue weighted by molar-refractivity contribution is -0.659. The highest BCUT2D eigenvalue weighted by atomic mass is 16.3. The molecule has 3 aromatic heterocycles. The number of benzene rings is 4. The molecule has 4 aromatic carbocycles. The first-order valence-electron chi connectivity index (χ1n) is 12.9. The molecule has 39 heavy (non-hydrogen) atoms. The van der Waals surface area contributed by atoms with Gasteiger partial charge in [0.15, 0.2) is 23.1 Å². The lowest BCUT2D eigenvalue weighted by atomic mass is 10.0. The number of fused-ring (bicyclic) bond motifs is 3. The molecule has 0 fully saturated rings. The minimum Gasteiger partial charge on any atom is -0.454 e. The van der Waals surface area contributed by atoms with E-state index in [0.717, 1.165) is 55.6 Å². The topological polar surface area (TPSA) is 60.6 Å². The largest absolute Gasteiger partial charge is 0.454 e. The van der Waals surface area contributed by atoms with Crippen LogP contribution in [-0.2, 0) is 14.1 Å². The Bertz CT molecular complexity index is 1910. The van der Waals surface area contributed by atoms with Gasteiger partial charge in [-0.1, -0.05) is 84.9 Å². The Morgan fingerprint density at radius 1 is 0.667 bits per heavy atom. The second-order valence-corrected chi connectivity index (χ2v) is 9.80.